The van der Waals surface area contributed by atoms with Gasteiger partial charge in [0.2, 0.25) is 5.88 Å². The van der Waals surface area contributed by atoms with Crippen molar-refractivity contribution in [3.63, 3.8) is 0 Å². The van der Waals surface area contributed by atoms with Crippen molar-refractivity contribution in [1.29, 1.82) is 0 Å². The first kappa shape index (κ1) is 22.6. The Morgan fingerprint density at radius 1 is 1.17 bits per heavy atom. The second kappa shape index (κ2) is 12.0. The van der Waals surface area contributed by atoms with Gasteiger partial charge in [0.1, 0.15) is 11.6 Å². The molecular formula is C20H24FIN6O. The van der Waals surface area contributed by atoms with E-state index in [1.807, 2.05) is 29.1 Å². The number of halogens is 2. The third-order valence-corrected chi connectivity index (χ3v) is 3.93. The summed E-state index contributed by atoms with van der Waals surface area (Å²) >= 11 is 0. The van der Waals surface area contributed by atoms with Crippen LogP contribution in [0.15, 0.2) is 66.0 Å². The van der Waals surface area contributed by atoms with Crippen LogP contribution in [0.25, 0.3) is 0 Å². The van der Waals surface area contributed by atoms with E-state index in [-0.39, 0.29) is 29.8 Å². The molecule has 0 aliphatic heterocycles. The van der Waals surface area contributed by atoms with Gasteiger partial charge < -0.3 is 15.4 Å². The first-order valence-corrected chi connectivity index (χ1v) is 9.03. The smallest absolute Gasteiger partial charge is 0.219 e. The monoisotopic (exact) mass is 510 g/mol. The third-order valence-electron chi connectivity index (χ3n) is 3.93. The number of aromatic nitrogens is 3. The Morgan fingerprint density at radius 2 is 2.00 bits per heavy atom. The molecule has 0 fully saturated rings. The highest BCUT2D eigenvalue weighted by atomic mass is 127. The van der Waals surface area contributed by atoms with Crippen LogP contribution >= 0.6 is 24.0 Å². The van der Waals surface area contributed by atoms with E-state index in [2.05, 4.69) is 25.7 Å². The number of aliphatic imine (C=N–C) groups is 1. The number of pyridine rings is 1. The molecule has 2 N–H and O–H groups in total. The molecule has 1 aromatic carbocycles. The molecule has 0 unspecified atom stereocenters. The van der Waals surface area contributed by atoms with Gasteiger partial charge in [0.25, 0.3) is 0 Å². The van der Waals surface area contributed by atoms with E-state index in [9.17, 15) is 4.39 Å². The second-order valence-corrected chi connectivity index (χ2v) is 6.03. The number of guanidine groups is 1. The van der Waals surface area contributed by atoms with Gasteiger partial charge in [0.15, 0.2) is 5.96 Å². The van der Waals surface area contributed by atoms with Crippen molar-refractivity contribution in [2.24, 2.45) is 4.99 Å². The molecule has 2 heterocycles. The van der Waals surface area contributed by atoms with Crippen molar-refractivity contribution in [2.75, 3.05) is 13.6 Å². The van der Waals surface area contributed by atoms with Gasteiger partial charge in [-0.3, -0.25) is 9.67 Å². The van der Waals surface area contributed by atoms with E-state index in [1.165, 1.54) is 12.1 Å². The summed E-state index contributed by atoms with van der Waals surface area (Å²) in [6.45, 7) is 2.21. The summed E-state index contributed by atoms with van der Waals surface area (Å²) < 4.78 is 20.5. The Kier molecular flexibility index (Phi) is 9.35. The van der Waals surface area contributed by atoms with Crippen molar-refractivity contribution in [3.05, 3.63) is 72.4 Å². The molecule has 3 rings (SSSR count). The lowest BCUT2D eigenvalue weighted by Crippen LogP contribution is -2.37. The van der Waals surface area contributed by atoms with Gasteiger partial charge in [-0.2, -0.15) is 5.10 Å². The Balaban J connectivity index is 0.00000300. The molecule has 9 heteroatoms. The summed E-state index contributed by atoms with van der Waals surface area (Å²) in [4.78, 5) is 8.42. The maximum atomic E-state index is 13.0. The maximum Gasteiger partial charge on any atom is 0.219 e. The minimum absolute atomic E-state index is 0. The molecular weight excluding hydrogens is 486 g/mol. The lowest BCUT2D eigenvalue weighted by atomic mass is 10.2. The van der Waals surface area contributed by atoms with Crippen molar-refractivity contribution in [3.8, 4) is 11.6 Å². The van der Waals surface area contributed by atoms with E-state index in [1.54, 1.807) is 31.6 Å². The van der Waals surface area contributed by atoms with Gasteiger partial charge >= 0.3 is 0 Å². The van der Waals surface area contributed by atoms with Crippen LogP contribution in [0, 0.1) is 5.82 Å². The molecule has 0 spiro atoms. The predicted molar refractivity (Wildman–Crippen MR) is 121 cm³/mol. The summed E-state index contributed by atoms with van der Waals surface area (Å²) in [5, 5.41) is 10.7. The van der Waals surface area contributed by atoms with Crippen LogP contribution in [-0.2, 0) is 13.1 Å². The Morgan fingerprint density at radius 3 is 2.72 bits per heavy atom. The average molecular weight is 510 g/mol. The molecule has 0 saturated carbocycles. The Bertz CT molecular complexity index is 886. The van der Waals surface area contributed by atoms with Crippen molar-refractivity contribution < 1.29 is 9.13 Å². The fourth-order valence-corrected chi connectivity index (χ4v) is 2.53. The number of hydrogen-bond donors (Lipinski definition) is 2. The molecule has 154 valence electrons. The molecule has 2 aromatic heterocycles. The number of rotatable bonds is 8. The molecule has 0 aliphatic rings. The molecule has 7 nitrogen and oxygen atoms in total. The minimum atomic E-state index is -0.304. The molecule has 0 atom stereocenters. The number of nitrogens with zero attached hydrogens (tertiary/aromatic N) is 4. The molecule has 0 aliphatic carbocycles. The maximum absolute atomic E-state index is 13.0. The SMILES string of the molecule is CN=C(NCCCn1cccn1)NCc1ccnc(Oc2ccc(F)cc2)c1.I. The standard InChI is InChI=1S/C20H23FN6O.HI/c1-22-20(24-9-2-12-27-13-3-10-26-27)25-15-16-8-11-23-19(14-16)28-18-6-4-17(21)5-7-18;/h3-8,10-11,13-14H,2,9,12,15H2,1H3,(H2,22,24,25);1H. The Labute approximate surface area is 186 Å². The van der Waals surface area contributed by atoms with Gasteiger partial charge in [-0.15, -0.1) is 24.0 Å². The number of ether oxygens (including phenoxy) is 1. The van der Waals surface area contributed by atoms with Crippen molar-refractivity contribution in [1.82, 2.24) is 25.4 Å². The number of aryl methyl sites for hydroxylation is 1. The molecule has 0 bridgehead atoms. The first-order valence-electron chi connectivity index (χ1n) is 9.03. The number of benzene rings is 1. The number of hydrogen-bond acceptors (Lipinski definition) is 4. The van der Waals surface area contributed by atoms with E-state index in [4.69, 9.17) is 4.74 Å². The summed E-state index contributed by atoms with van der Waals surface area (Å²) in [6, 6.07) is 11.5. The van der Waals surface area contributed by atoms with E-state index >= 15 is 0 Å². The Hall–Kier alpha value is -2.69. The zero-order valence-electron chi connectivity index (χ0n) is 16.1. The first-order chi connectivity index (χ1) is 13.7. The summed E-state index contributed by atoms with van der Waals surface area (Å²) in [7, 11) is 1.73. The fraction of sp³-hybridized carbons (Fsp3) is 0.250. The fourth-order valence-electron chi connectivity index (χ4n) is 2.53. The summed E-state index contributed by atoms with van der Waals surface area (Å²) in [5.41, 5.74) is 0.992. The van der Waals surface area contributed by atoms with E-state index in [0.717, 1.165) is 31.0 Å². The van der Waals surface area contributed by atoms with Crippen LogP contribution < -0.4 is 15.4 Å². The largest absolute Gasteiger partial charge is 0.439 e. The molecule has 0 radical (unpaired) electrons. The topological polar surface area (TPSA) is 76.4 Å². The summed E-state index contributed by atoms with van der Waals surface area (Å²) in [6.07, 6.45) is 6.34. The predicted octanol–water partition coefficient (Wildman–Crippen LogP) is 3.58. The van der Waals surface area contributed by atoms with Crippen LogP contribution in [-0.4, -0.2) is 34.3 Å². The quantitative estimate of drug-likeness (QED) is 0.210. The highest BCUT2D eigenvalue weighted by molar-refractivity contribution is 14.0. The minimum Gasteiger partial charge on any atom is -0.439 e. The van der Waals surface area contributed by atoms with Gasteiger partial charge in [-0.05, 0) is 48.4 Å². The number of nitrogens with one attached hydrogen (secondary N) is 2. The van der Waals surface area contributed by atoms with Crippen LogP contribution in [0.5, 0.6) is 11.6 Å². The van der Waals surface area contributed by atoms with Crippen LogP contribution in [0.2, 0.25) is 0 Å². The van der Waals surface area contributed by atoms with Crippen LogP contribution in [0.1, 0.15) is 12.0 Å². The normalized spacial score (nSPS) is 10.9. The van der Waals surface area contributed by atoms with Crippen molar-refractivity contribution in [2.45, 2.75) is 19.5 Å². The zero-order chi connectivity index (χ0) is 19.6. The van der Waals surface area contributed by atoms with Gasteiger partial charge in [-0.1, -0.05) is 0 Å². The zero-order valence-corrected chi connectivity index (χ0v) is 18.4. The second-order valence-electron chi connectivity index (χ2n) is 6.03. The van der Waals surface area contributed by atoms with Crippen LogP contribution in [0.3, 0.4) is 0 Å². The van der Waals surface area contributed by atoms with E-state index in [0.29, 0.717) is 18.2 Å². The average Bonchev–Trinajstić information content (AvgIpc) is 3.23. The van der Waals surface area contributed by atoms with Gasteiger partial charge in [0, 0.05) is 51.3 Å². The highest BCUT2D eigenvalue weighted by Gasteiger charge is 2.03. The van der Waals surface area contributed by atoms with Gasteiger partial charge in [-0.25, -0.2) is 9.37 Å². The summed E-state index contributed by atoms with van der Waals surface area (Å²) in [5.74, 6) is 1.40. The lowest BCUT2D eigenvalue weighted by molar-refractivity contribution is 0.460. The molecule has 3 aromatic rings. The molecule has 0 saturated heterocycles. The van der Waals surface area contributed by atoms with Crippen molar-refractivity contribution >= 4 is 29.9 Å². The van der Waals surface area contributed by atoms with E-state index < -0.39 is 0 Å². The van der Waals surface area contributed by atoms with Gasteiger partial charge in [0.05, 0.1) is 0 Å². The highest BCUT2D eigenvalue weighted by Crippen LogP contribution is 2.20. The lowest BCUT2D eigenvalue weighted by Gasteiger charge is -2.12. The third kappa shape index (κ3) is 7.68. The van der Waals surface area contributed by atoms with Crippen LogP contribution in [0.4, 0.5) is 4.39 Å². The molecule has 0 amide bonds. The molecule has 29 heavy (non-hydrogen) atoms.